The molecule has 0 saturated heterocycles. The minimum absolute atomic E-state index is 0.301. The maximum atomic E-state index is 12.2. The van der Waals surface area contributed by atoms with Gasteiger partial charge in [-0.05, 0) is 66.0 Å². The molecule has 0 atom stereocenters. The number of benzene rings is 2. The Morgan fingerprint density at radius 1 is 1.19 bits per heavy atom. The summed E-state index contributed by atoms with van der Waals surface area (Å²) in [5.41, 5.74) is 3.89. The lowest BCUT2D eigenvalue weighted by Crippen LogP contribution is -2.04. The first-order chi connectivity index (χ1) is 15.0. The predicted octanol–water partition coefficient (Wildman–Crippen LogP) is 6.64. The summed E-state index contributed by atoms with van der Waals surface area (Å²) < 4.78 is 10.3. The van der Waals surface area contributed by atoms with Crippen LogP contribution in [0.1, 0.15) is 36.2 Å². The number of ether oxygens (including phenoxy) is 1. The van der Waals surface area contributed by atoms with Gasteiger partial charge in [0, 0.05) is 23.0 Å². The van der Waals surface area contributed by atoms with Gasteiger partial charge in [0.1, 0.15) is 4.60 Å². The molecule has 2 heterocycles. The van der Waals surface area contributed by atoms with Crippen LogP contribution >= 0.6 is 27.7 Å². The minimum atomic E-state index is -0.301. The molecular formula is C24H24BrN3O2S. The van der Waals surface area contributed by atoms with Gasteiger partial charge in [0.2, 0.25) is 0 Å². The molecule has 0 N–H and O–H groups in total. The topological polar surface area (TPSA) is 49.0 Å². The highest BCUT2D eigenvalue weighted by molar-refractivity contribution is 9.10. The molecule has 0 aliphatic rings. The van der Waals surface area contributed by atoms with Gasteiger partial charge in [-0.15, -0.1) is 0 Å². The monoisotopic (exact) mass is 497 g/mol. The van der Waals surface area contributed by atoms with Crippen molar-refractivity contribution in [2.45, 2.75) is 43.5 Å². The lowest BCUT2D eigenvalue weighted by molar-refractivity contribution is 0.0526. The fourth-order valence-electron chi connectivity index (χ4n) is 3.52. The highest BCUT2D eigenvalue weighted by atomic mass is 79.9. The number of nitrogens with zero attached hydrogens (tertiary/aromatic N) is 3. The summed E-state index contributed by atoms with van der Waals surface area (Å²) in [6.45, 7) is 7.30. The van der Waals surface area contributed by atoms with Crippen LogP contribution in [0.3, 0.4) is 0 Å². The van der Waals surface area contributed by atoms with Crippen LogP contribution in [-0.2, 0) is 11.3 Å². The van der Waals surface area contributed by atoms with Crippen molar-refractivity contribution in [3.8, 4) is 5.69 Å². The first kappa shape index (κ1) is 21.7. The quantitative estimate of drug-likeness (QED) is 0.268. The van der Waals surface area contributed by atoms with E-state index in [1.54, 1.807) is 17.8 Å². The summed E-state index contributed by atoms with van der Waals surface area (Å²) in [5.74, 6) is -0.301. The Morgan fingerprint density at radius 2 is 2.03 bits per heavy atom. The first-order valence-electron chi connectivity index (χ1n) is 10.3. The molecule has 0 aliphatic carbocycles. The SMILES string of the molecule is CCCn1cc(-n2c(Br)c(Sc3cccc(C(=O)OCC)c3)c3ccc(C)cc32)cn1. The Labute approximate surface area is 194 Å². The fourth-order valence-corrected chi connectivity index (χ4v) is 5.40. The smallest absolute Gasteiger partial charge is 0.338 e. The molecule has 0 amide bonds. The molecule has 0 spiro atoms. The van der Waals surface area contributed by atoms with Crippen molar-refractivity contribution in [2.24, 2.45) is 0 Å². The number of rotatable bonds is 7. The van der Waals surface area contributed by atoms with E-state index in [2.05, 4.69) is 63.8 Å². The van der Waals surface area contributed by atoms with E-state index in [-0.39, 0.29) is 5.97 Å². The molecule has 31 heavy (non-hydrogen) atoms. The van der Waals surface area contributed by atoms with Crippen LogP contribution < -0.4 is 0 Å². The lowest BCUT2D eigenvalue weighted by Gasteiger charge is -2.06. The van der Waals surface area contributed by atoms with Crippen molar-refractivity contribution in [3.05, 3.63) is 70.6 Å². The Bertz CT molecular complexity index is 1250. The highest BCUT2D eigenvalue weighted by Gasteiger charge is 2.19. The molecular weight excluding hydrogens is 474 g/mol. The van der Waals surface area contributed by atoms with Crippen LogP contribution in [0.4, 0.5) is 0 Å². The molecule has 160 valence electrons. The van der Waals surface area contributed by atoms with Crippen molar-refractivity contribution >= 4 is 44.6 Å². The van der Waals surface area contributed by atoms with Crippen LogP contribution in [0.15, 0.2) is 69.3 Å². The van der Waals surface area contributed by atoms with Crippen molar-refractivity contribution in [1.29, 1.82) is 0 Å². The highest BCUT2D eigenvalue weighted by Crippen LogP contribution is 2.43. The van der Waals surface area contributed by atoms with Gasteiger partial charge in [-0.3, -0.25) is 9.25 Å². The second-order valence-electron chi connectivity index (χ2n) is 7.29. The van der Waals surface area contributed by atoms with Crippen molar-refractivity contribution in [1.82, 2.24) is 14.3 Å². The maximum absolute atomic E-state index is 12.2. The molecule has 4 aromatic rings. The number of aromatic nitrogens is 3. The van der Waals surface area contributed by atoms with E-state index in [1.807, 2.05) is 36.0 Å². The third kappa shape index (κ3) is 4.43. The summed E-state index contributed by atoms with van der Waals surface area (Å²) in [5, 5.41) is 5.66. The Hall–Kier alpha value is -2.51. The number of carbonyl (C=O) groups is 1. The van der Waals surface area contributed by atoms with E-state index in [9.17, 15) is 4.79 Å². The zero-order valence-electron chi connectivity index (χ0n) is 17.8. The van der Waals surface area contributed by atoms with Crippen LogP contribution in [-0.4, -0.2) is 26.9 Å². The van der Waals surface area contributed by atoms with Gasteiger partial charge in [0.25, 0.3) is 0 Å². The number of carbonyl (C=O) groups excluding carboxylic acids is 1. The molecule has 0 fully saturated rings. The Morgan fingerprint density at radius 3 is 2.81 bits per heavy atom. The molecule has 7 heteroatoms. The van der Waals surface area contributed by atoms with Crippen molar-refractivity contribution in [3.63, 3.8) is 0 Å². The molecule has 0 unspecified atom stereocenters. The summed E-state index contributed by atoms with van der Waals surface area (Å²) in [6, 6.07) is 14.0. The van der Waals surface area contributed by atoms with E-state index in [0.717, 1.165) is 44.0 Å². The van der Waals surface area contributed by atoms with Gasteiger partial charge >= 0.3 is 5.97 Å². The summed E-state index contributed by atoms with van der Waals surface area (Å²) >= 11 is 5.48. The fraction of sp³-hybridized carbons (Fsp3) is 0.250. The van der Waals surface area contributed by atoms with Crippen LogP contribution in [0.2, 0.25) is 0 Å². The standard InChI is InChI=1S/C24H24BrN3O2S/c1-4-11-27-15-18(14-26-27)28-21-12-16(3)9-10-20(21)22(23(28)25)31-19-8-6-7-17(13-19)24(29)30-5-2/h6-10,12-15H,4-5,11H2,1-3H3. The number of halogens is 1. The normalized spacial score (nSPS) is 11.2. The van der Waals surface area contributed by atoms with Crippen LogP contribution in [0.25, 0.3) is 16.6 Å². The van der Waals surface area contributed by atoms with Gasteiger partial charge in [-0.25, -0.2) is 4.79 Å². The van der Waals surface area contributed by atoms with Crippen molar-refractivity contribution < 1.29 is 9.53 Å². The Kier molecular flexibility index (Phi) is 6.53. The average Bonchev–Trinajstić information content (AvgIpc) is 3.31. The van der Waals surface area contributed by atoms with Gasteiger partial charge < -0.3 is 4.74 Å². The third-order valence-electron chi connectivity index (χ3n) is 4.92. The summed E-state index contributed by atoms with van der Waals surface area (Å²) in [4.78, 5) is 14.2. The molecule has 0 aliphatic heterocycles. The second-order valence-corrected chi connectivity index (χ2v) is 9.12. The lowest BCUT2D eigenvalue weighted by atomic mass is 10.2. The summed E-state index contributed by atoms with van der Waals surface area (Å²) in [7, 11) is 0. The molecule has 2 aromatic carbocycles. The first-order valence-corrected chi connectivity index (χ1v) is 11.9. The summed E-state index contributed by atoms with van der Waals surface area (Å²) in [6.07, 6.45) is 5.01. The van der Waals surface area contributed by atoms with E-state index in [0.29, 0.717) is 12.2 Å². The Balaban J connectivity index is 1.79. The zero-order chi connectivity index (χ0) is 22.0. The molecule has 5 nitrogen and oxygen atoms in total. The number of fused-ring (bicyclic) bond motifs is 1. The van der Waals surface area contributed by atoms with E-state index >= 15 is 0 Å². The van der Waals surface area contributed by atoms with E-state index in [1.165, 1.54) is 5.56 Å². The maximum Gasteiger partial charge on any atom is 0.338 e. The molecule has 0 radical (unpaired) electrons. The predicted molar refractivity (Wildman–Crippen MR) is 128 cm³/mol. The molecule has 4 rings (SSSR count). The molecule has 0 bridgehead atoms. The van der Waals surface area contributed by atoms with Gasteiger partial charge in [-0.1, -0.05) is 36.9 Å². The van der Waals surface area contributed by atoms with Gasteiger partial charge in [-0.2, -0.15) is 5.10 Å². The number of hydrogen-bond donors (Lipinski definition) is 0. The molecule has 0 saturated carbocycles. The minimum Gasteiger partial charge on any atom is -0.462 e. The van der Waals surface area contributed by atoms with Crippen molar-refractivity contribution in [2.75, 3.05) is 6.61 Å². The number of hydrogen-bond acceptors (Lipinski definition) is 4. The largest absolute Gasteiger partial charge is 0.462 e. The zero-order valence-corrected chi connectivity index (χ0v) is 20.2. The molecule has 2 aromatic heterocycles. The van der Waals surface area contributed by atoms with E-state index in [4.69, 9.17) is 4.74 Å². The average molecular weight is 498 g/mol. The van der Waals surface area contributed by atoms with Crippen LogP contribution in [0.5, 0.6) is 0 Å². The van der Waals surface area contributed by atoms with E-state index < -0.39 is 0 Å². The third-order valence-corrected chi connectivity index (χ3v) is 7.04. The van der Waals surface area contributed by atoms with Gasteiger partial charge in [0.15, 0.2) is 0 Å². The van der Waals surface area contributed by atoms with Gasteiger partial charge in [0.05, 0.1) is 34.5 Å². The number of aryl methyl sites for hydroxylation is 2. The van der Waals surface area contributed by atoms with Crippen LogP contribution in [0, 0.1) is 6.92 Å². The second kappa shape index (κ2) is 9.32. The number of esters is 1.